The third kappa shape index (κ3) is 3.38. The number of halogens is 2. The highest BCUT2D eigenvalue weighted by Crippen LogP contribution is 2.39. The molecular weight excluding hydrogens is 296 g/mol. The van der Waals surface area contributed by atoms with Crippen LogP contribution in [0.1, 0.15) is 43.5 Å². The fourth-order valence-electron chi connectivity index (χ4n) is 3.11. The highest BCUT2D eigenvalue weighted by Gasteiger charge is 2.23. The van der Waals surface area contributed by atoms with Gasteiger partial charge in [-0.2, -0.15) is 5.10 Å². The minimum absolute atomic E-state index is 0.0959. The van der Waals surface area contributed by atoms with Crippen LogP contribution in [0.25, 0.3) is 11.1 Å². The minimum atomic E-state index is -2.49. The summed E-state index contributed by atoms with van der Waals surface area (Å²) in [6.07, 6.45) is 1.33. The van der Waals surface area contributed by atoms with Crippen molar-refractivity contribution in [1.82, 2.24) is 9.78 Å². The number of aromatic nitrogens is 2. The van der Waals surface area contributed by atoms with Gasteiger partial charge in [-0.15, -0.1) is 0 Å². The molecule has 0 aliphatic carbocycles. The van der Waals surface area contributed by atoms with Crippen molar-refractivity contribution in [3.05, 3.63) is 35.2 Å². The third-order valence-corrected chi connectivity index (χ3v) is 4.14. The van der Waals surface area contributed by atoms with Crippen LogP contribution in [0.3, 0.4) is 0 Å². The molecular formula is C18H25F2N3. The Morgan fingerprint density at radius 2 is 1.83 bits per heavy atom. The zero-order valence-electron chi connectivity index (χ0n) is 14.5. The summed E-state index contributed by atoms with van der Waals surface area (Å²) in [5.41, 5.74) is 4.36. The number of fused-ring (bicyclic) bond motifs is 1. The van der Waals surface area contributed by atoms with Gasteiger partial charge in [0.05, 0.1) is 5.69 Å². The molecule has 3 nitrogen and oxygen atoms in total. The Morgan fingerprint density at radius 3 is 2.39 bits per heavy atom. The molecule has 1 aromatic heterocycles. The standard InChI is InChI=1S/C16H19F2N3.C2H6/c1-10-14(9-21(3)19-10)12-7-11-5-4-6-20(2)15(11)8-13(12)16(17)18;1-2/h7-9,16H,4-6H2,1-3H3;1-2H3. The topological polar surface area (TPSA) is 21.1 Å². The number of hydrogen-bond donors (Lipinski definition) is 0. The van der Waals surface area contributed by atoms with E-state index in [1.54, 1.807) is 10.7 Å². The summed E-state index contributed by atoms with van der Waals surface area (Å²) >= 11 is 0. The lowest BCUT2D eigenvalue weighted by molar-refractivity contribution is 0.152. The number of benzene rings is 1. The van der Waals surface area contributed by atoms with E-state index in [2.05, 4.69) is 10.00 Å². The van der Waals surface area contributed by atoms with E-state index in [0.717, 1.165) is 41.9 Å². The van der Waals surface area contributed by atoms with Crippen LogP contribution < -0.4 is 4.90 Å². The second kappa shape index (κ2) is 7.11. The fourth-order valence-corrected chi connectivity index (χ4v) is 3.11. The smallest absolute Gasteiger partial charge is 0.264 e. The molecule has 1 aliphatic rings. The number of hydrogen-bond acceptors (Lipinski definition) is 2. The van der Waals surface area contributed by atoms with Gasteiger partial charge in [0, 0.05) is 43.7 Å². The summed E-state index contributed by atoms with van der Waals surface area (Å²) in [5, 5.41) is 4.28. The number of rotatable bonds is 2. The van der Waals surface area contributed by atoms with Gasteiger partial charge in [-0.05, 0) is 43.0 Å². The van der Waals surface area contributed by atoms with Crippen LogP contribution in [-0.4, -0.2) is 23.4 Å². The second-order valence-electron chi connectivity index (χ2n) is 5.70. The van der Waals surface area contributed by atoms with Crippen molar-refractivity contribution in [1.29, 1.82) is 0 Å². The molecule has 126 valence electrons. The molecule has 0 N–H and O–H groups in total. The summed E-state index contributed by atoms with van der Waals surface area (Å²) in [4.78, 5) is 2.06. The molecule has 3 rings (SSSR count). The molecule has 0 spiro atoms. The Balaban J connectivity index is 0.000000924. The van der Waals surface area contributed by atoms with E-state index < -0.39 is 6.43 Å². The van der Waals surface area contributed by atoms with Crippen LogP contribution in [0.15, 0.2) is 18.3 Å². The molecule has 1 aliphatic heterocycles. The van der Waals surface area contributed by atoms with Crippen LogP contribution >= 0.6 is 0 Å². The number of nitrogens with zero attached hydrogens (tertiary/aromatic N) is 3. The van der Waals surface area contributed by atoms with E-state index in [0.29, 0.717) is 5.56 Å². The van der Waals surface area contributed by atoms with Crippen molar-refractivity contribution < 1.29 is 8.78 Å². The van der Waals surface area contributed by atoms with E-state index in [9.17, 15) is 8.78 Å². The summed E-state index contributed by atoms with van der Waals surface area (Å²) in [6.45, 7) is 6.77. The molecule has 0 amide bonds. The molecule has 23 heavy (non-hydrogen) atoms. The number of alkyl halides is 2. The summed E-state index contributed by atoms with van der Waals surface area (Å²) in [5.74, 6) is 0. The molecule has 2 aromatic rings. The van der Waals surface area contributed by atoms with Crippen LogP contribution in [0.2, 0.25) is 0 Å². The quantitative estimate of drug-likeness (QED) is 0.796. The Kier molecular flexibility index (Phi) is 5.39. The zero-order valence-corrected chi connectivity index (χ0v) is 14.5. The Labute approximate surface area is 136 Å². The van der Waals surface area contributed by atoms with Crippen molar-refractivity contribution in [2.24, 2.45) is 7.05 Å². The zero-order chi connectivity index (χ0) is 17.1. The number of anilines is 1. The third-order valence-electron chi connectivity index (χ3n) is 4.14. The normalized spacial score (nSPS) is 13.7. The first-order chi connectivity index (χ1) is 11.0. The summed E-state index contributed by atoms with van der Waals surface area (Å²) in [6, 6.07) is 3.58. The predicted molar refractivity (Wildman–Crippen MR) is 91.3 cm³/mol. The van der Waals surface area contributed by atoms with Crippen molar-refractivity contribution in [2.45, 2.75) is 40.0 Å². The van der Waals surface area contributed by atoms with Gasteiger partial charge < -0.3 is 4.90 Å². The predicted octanol–water partition coefficient (Wildman–Crippen LogP) is 4.74. The van der Waals surface area contributed by atoms with E-state index >= 15 is 0 Å². The lowest BCUT2D eigenvalue weighted by Gasteiger charge is -2.29. The molecule has 0 saturated heterocycles. The lowest BCUT2D eigenvalue weighted by Crippen LogP contribution is -2.25. The lowest BCUT2D eigenvalue weighted by atomic mass is 9.92. The highest BCUT2D eigenvalue weighted by molar-refractivity contribution is 5.74. The maximum atomic E-state index is 13.5. The van der Waals surface area contributed by atoms with Crippen LogP contribution in [0, 0.1) is 6.92 Å². The molecule has 0 fully saturated rings. The van der Waals surface area contributed by atoms with Crippen LogP contribution in [-0.2, 0) is 13.5 Å². The van der Waals surface area contributed by atoms with E-state index in [1.165, 1.54) is 0 Å². The van der Waals surface area contributed by atoms with E-state index in [4.69, 9.17) is 0 Å². The van der Waals surface area contributed by atoms with Crippen molar-refractivity contribution in [2.75, 3.05) is 18.5 Å². The summed E-state index contributed by atoms with van der Waals surface area (Å²) < 4.78 is 28.7. The van der Waals surface area contributed by atoms with E-state index in [-0.39, 0.29) is 5.56 Å². The van der Waals surface area contributed by atoms with Crippen LogP contribution in [0.5, 0.6) is 0 Å². The maximum absolute atomic E-state index is 13.5. The Hall–Kier alpha value is -1.91. The summed E-state index contributed by atoms with van der Waals surface area (Å²) in [7, 11) is 3.77. The first-order valence-corrected chi connectivity index (χ1v) is 8.14. The fraction of sp³-hybridized carbons (Fsp3) is 0.500. The second-order valence-corrected chi connectivity index (χ2v) is 5.70. The van der Waals surface area contributed by atoms with Gasteiger partial charge in [0.15, 0.2) is 0 Å². The molecule has 0 saturated carbocycles. The monoisotopic (exact) mass is 321 g/mol. The maximum Gasteiger partial charge on any atom is 0.264 e. The van der Waals surface area contributed by atoms with Crippen molar-refractivity contribution in [3.8, 4) is 11.1 Å². The van der Waals surface area contributed by atoms with E-state index in [1.807, 2.05) is 47.1 Å². The van der Waals surface area contributed by atoms with Gasteiger partial charge in [-0.1, -0.05) is 13.8 Å². The Morgan fingerprint density at radius 1 is 1.13 bits per heavy atom. The number of aryl methyl sites for hydroxylation is 3. The molecule has 0 radical (unpaired) electrons. The van der Waals surface area contributed by atoms with Gasteiger partial charge in [-0.25, -0.2) is 8.78 Å². The minimum Gasteiger partial charge on any atom is -0.374 e. The first-order valence-electron chi connectivity index (χ1n) is 8.14. The van der Waals surface area contributed by atoms with Gasteiger partial charge in [0.25, 0.3) is 6.43 Å². The molecule has 2 heterocycles. The SMILES string of the molecule is CC.Cc1nn(C)cc1-c1cc2c(cc1C(F)F)N(C)CCC2. The molecule has 5 heteroatoms. The van der Waals surface area contributed by atoms with Gasteiger partial charge in [0.2, 0.25) is 0 Å². The first kappa shape index (κ1) is 17.4. The molecule has 1 aromatic carbocycles. The molecule has 0 unspecified atom stereocenters. The van der Waals surface area contributed by atoms with Gasteiger partial charge in [-0.3, -0.25) is 4.68 Å². The Bertz CT molecular complexity index is 677. The largest absolute Gasteiger partial charge is 0.374 e. The highest BCUT2D eigenvalue weighted by atomic mass is 19.3. The van der Waals surface area contributed by atoms with Crippen molar-refractivity contribution >= 4 is 5.69 Å². The van der Waals surface area contributed by atoms with Gasteiger partial charge >= 0.3 is 0 Å². The average molecular weight is 321 g/mol. The van der Waals surface area contributed by atoms with Gasteiger partial charge in [0.1, 0.15) is 0 Å². The molecule has 0 atom stereocenters. The molecule has 0 bridgehead atoms. The van der Waals surface area contributed by atoms with Crippen LogP contribution in [0.4, 0.5) is 14.5 Å². The average Bonchev–Trinajstić information content (AvgIpc) is 2.87. The van der Waals surface area contributed by atoms with Crippen molar-refractivity contribution in [3.63, 3.8) is 0 Å².